The highest BCUT2D eigenvalue weighted by molar-refractivity contribution is 5.84. The molecule has 0 aliphatic carbocycles. The highest BCUT2D eigenvalue weighted by Gasteiger charge is 1.95. The Morgan fingerprint density at radius 1 is 0.808 bits per heavy atom. The molecule has 0 aromatic heterocycles. The molecule has 0 radical (unpaired) electrons. The lowest BCUT2D eigenvalue weighted by Gasteiger charge is -1.97. The van der Waals surface area contributed by atoms with E-state index in [1.54, 1.807) is 0 Å². The van der Waals surface area contributed by atoms with E-state index in [1.165, 1.54) is 39.0 Å². The Bertz CT molecular complexity index is 447. The first-order chi connectivity index (χ1) is 12.4. The molecule has 0 saturated heterocycles. The summed E-state index contributed by atoms with van der Waals surface area (Å²) in [6.45, 7) is 6.81. The van der Waals surface area contributed by atoms with E-state index in [4.69, 9.17) is 10.2 Å². The number of hydrogen-bond acceptors (Lipinski definition) is 2. The molecule has 0 bridgehead atoms. The number of hydrogen-bond donors (Lipinski definition) is 2. The first kappa shape index (κ1) is 26.1. The molecule has 0 heterocycles. The van der Waals surface area contributed by atoms with Crippen LogP contribution in [-0.2, 0) is 9.59 Å². The molecule has 0 aromatic rings. The molecule has 4 nitrogen and oxygen atoms in total. The second-order valence-electron chi connectivity index (χ2n) is 6.17. The number of carbonyl (C=O) groups is 2. The molecule has 0 atom stereocenters. The average Bonchev–Trinajstić information content (AvgIpc) is 2.58. The van der Waals surface area contributed by atoms with Crippen LogP contribution in [0.3, 0.4) is 0 Å². The Morgan fingerprint density at radius 3 is 1.73 bits per heavy atom. The van der Waals surface area contributed by atoms with Crippen LogP contribution in [0, 0.1) is 0 Å². The van der Waals surface area contributed by atoms with Gasteiger partial charge in [-0.2, -0.15) is 0 Å². The third-order valence-electron chi connectivity index (χ3n) is 3.46. The molecular formula is C22H36O4. The van der Waals surface area contributed by atoms with Crippen molar-refractivity contribution in [2.75, 3.05) is 0 Å². The van der Waals surface area contributed by atoms with E-state index < -0.39 is 11.9 Å². The van der Waals surface area contributed by atoms with Crippen molar-refractivity contribution >= 4 is 11.9 Å². The summed E-state index contributed by atoms with van der Waals surface area (Å²) in [6, 6.07) is 0. The van der Waals surface area contributed by atoms with Gasteiger partial charge in [-0.15, -0.1) is 0 Å². The fourth-order valence-corrected chi connectivity index (χ4v) is 1.87. The van der Waals surface area contributed by atoms with Crippen molar-refractivity contribution in [1.29, 1.82) is 0 Å². The summed E-state index contributed by atoms with van der Waals surface area (Å²) in [5.41, 5.74) is 0.176. The molecule has 0 aromatic carbocycles. The Hall–Kier alpha value is -2.10. The lowest BCUT2D eigenvalue weighted by atomic mass is 10.1. The molecular weight excluding hydrogens is 328 g/mol. The predicted octanol–water partition coefficient (Wildman–Crippen LogP) is 6.31. The highest BCUT2D eigenvalue weighted by atomic mass is 16.4. The van der Waals surface area contributed by atoms with E-state index in [0.29, 0.717) is 6.42 Å². The third kappa shape index (κ3) is 26.8. The first-order valence-electron chi connectivity index (χ1n) is 9.50. The van der Waals surface area contributed by atoms with Gasteiger partial charge in [0, 0.05) is 12.0 Å². The molecule has 0 fully saturated rings. The minimum absolute atomic E-state index is 0.176. The van der Waals surface area contributed by atoms with Gasteiger partial charge < -0.3 is 10.2 Å². The molecule has 26 heavy (non-hydrogen) atoms. The van der Waals surface area contributed by atoms with Crippen LogP contribution in [0.4, 0.5) is 0 Å². The quantitative estimate of drug-likeness (QED) is 0.215. The van der Waals surface area contributed by atoms with E-state index >= 15 is 0 Å². The van der Waals surface area contributed by atoms with Crippen LogP contribution in [0.25, 0.3) is 0 Å². The molecule has 0 aliphatic heterocycles. The van der Waals surface area contributed by atoms with Gasteiger partial charge in [-0.25, -0.2) is 4.79 Å². The Morgan fingerprint density at radius 2 is 1.27 bits per heavy atom. The Balaban J connectivity index is 0. The standard InChI is InChI=1S/C18H30O2.C4H6O2/c1-2-3-4-5-6-7-8-9-10-11-12-13-14-15-16-17-18(19)20;1-3(2)4(5)6/h5-10H,2-4,11-17H2,1H3,(H,19,20);1H2,2H3,(H,5,6). The molecule has 0 amide bonds. The normalized spacial score (nSPS) is 11.0. The molecule has 4 heteroatoms. The van der Waals surface area contributed by atoms with Gasteiger partial charge in [0.05, 0.1) is 0 Å². The van der Waals surface area contributed by atoms with Crippen LogP contribution in [-0.4, -0.2) is 22.2 Å². The summed E-state index contributed by atoms with van der Waals surface area (Å²) < 4.78 is 0. The number of allylic oxidation sites excluding steroid dienone is 6. The van der Waals surface area contributed by atoms with Gasteiger partial charge in [0.2, 0.25) is 0 Å². The van der Waals surface area contributed by atoms with Crippen LogP contribution < -0.4 is 0 Å². The zero-order chi connectivity index (χ0) is 20.0. The minimum Gasteiger partial charge on any atom is -0.481 e. The number of carboxylic acids is 2. The second-order valence-corrected chi connectivity index (χ2v) is 6.17. The minimum atomic E-state index is -0.935. The fraction of sp³-hybridized carbons (Fsp3) is 0.545. The third-order valence-corrected chi connectivity index (χ3v) is 3.46. The lowest BCUT2D eigenvalue weighted by Crippen LogP contribution is -1.93. The SMILES string of the molecule is C=C(C)C(=O)O.CCCCC=CC=CC=CCCCCCCCC(=O)O. The number of unbranched alkanes of at least 4 members (excludes halogenated alkanes) is 7. The monoisotopic (exact) mass is 364 g/mol. The second kappa shape index (κ2) is 20.9. The maximum absolute atomic E-state index is 10.3. The zero-order valence-corrected chi connectivity index (χ0v) is 16.5. The average molecular weight is 365 g/mol. The molecule has 0 spiro atoms. The van der Waals surface area contributed by atoms with Crippen molar-refractivity contribution < 1.29 is 19.8 Å². The van der Waals surface area contributed by atoms with E-state index in [1.807, 2.05) is 0 Å². The van der Waals surface area contributed by atoms with E-state index in [-0.39, 0.29) is 5.57 Å². The number of aliphatic carboxylic acids is 2. The lowest BCUT2D eigenvalue weighted by molar-refractivity contribution is -0.137. The van der Waals surface area contributed by atoms with Crippen molar-refractivity contribution in [3.63, 3.8) is 0 Å². The summed E-state index contributed by atoms with van der Waals surface area (Å²) in [4.78, 5) is 19.9. The van der Waals surface area contributed by atoms with Crippen molar-refractivity contribution in [2.45, 2.75) is 78.1 Å². The van der Waals surface area contributed by atoms with Crippen LogP contribution in [0.5, 0.6) is 0 Å². The summed E-state index contributed by atoms with van der Waals surface area (Å²) in [5, 5.41) is 16.4. The topological polar surface area (TPSA) is 74.6 Å². The molecule has 2 N–H and O–H groups in total. The first-order valence-corrected chi connectivity index (χ1v) is 9.50. The molecule has 0 saturated carbocycles. The van der Waals surface area contributed by atoms with Crippen molar-refractivity contribution in [1.82, 2.24) is 0 Å². The summed E-state index contributed by atoms with van der Waals surface area (Å²) in [7, 11) is 0. The molecule has 0 unspecified atom stereocenters. The van der Waals surface area contributed by atoms with E-state index in [2.05, 4.69) is 50.0 Å². The smallest absolute Gasteiger partial charge is 0.330 e. The maximum atomic E-state index is 10.3. The highest BCUT2D eigenvalue weighted by Crippen LogP contribution is 2.07. The Kier molecular flexibility index (Phi) is 21.1. The summed E-state index contributed by atoms with van der Waals surface area (Å²) in [5.74, 6) is -1.61. The fourth-order valence-electron chi connectivity index (χ4n) is 1.87. The molecule has 0 rings (SSSR count). The van der Waals surface area contributed by atoms with Gasteiger partial charge in [0.25, 0.3) is 0 Å². The number of carboxylic acid groups (broad SMARTS) is 2. The van der Waals surface area contributed by atoms with Crippen LogP contribution in [0.15, 0.2) is 48.6 Å². The van der Waals surface area contributed by atoms with Gasteiger partial charge in [0.15, 0.2) is 0 Å². The summed E-state index contributed by atoms with van der Waals surface area (Å²) >= 11 is 0. The Labute approximate surface area is 159 Å². The van der Waals surface area contributed by atoms with Gasteiger partial charge in [0.1, 0.15) is 0 Å². The van der Waals surface area contributed by atoms with Crippen LogP contribution in [0.2, 0.25) is 0 Å². The zero-order valence-electron chi connectivity index (χ0n) is 16.5. The van der Waals surface area contributed by atoms with Gasteiger partial charge >= 0.3 is 11.9 Å². The van der Waals surface area contributed by atoms with Gasteiger partial charge in [-0.1, -0.05) is 82.1 Å². The summed E-state index contributed by atoms with van der Waals surface area (Å²) in [6.07, 6.45) is 23.3. The maximum Gasteiger partial charge on any atom is 0.330 e. The van der Waals surface area contributed by atoms with Crippen molar-refractivity contribution in [3.05, 3.63) is 48.6 Å². The predicted molar refractivity (Wildman–Crippen MR) is 109 cm³/mol. The molecule has 0 aliphatic rings. The van der Waals surface area contributed by atoms with Crippen molar-refractivity contribution in [3.8, 4) is 0 Å². The van der Waals surface area contributed by atoms with Gasteiger partial charge in [-0.05, 0) is 32.6 Å². The largest absolute Gasteiger partial charge is 0.481 e. The van der Waals surface area contributed by atoms with Gasteiger partial charge in [-0.3, -0.25) is 4.79 Å². The van der Waals surface area contributed by atoms with E-state index in [9.17, 15) is 9.59 Å². The van der Waals surface area contributed by atoms with Crippen LogP contribution in [0.1, 0.15) is 78.1 Å². The van der Waals surface area contributed by atoms with E-state index in [0.717, 1.165) is 25.7 Å². The van der Waals surface area contributed by atoms with Crippen molar-refractivity contribution in [2.24, 2.45) is 0 Å². The number of rotatable bonds is 14. The molecule has 148 valence electrons. The van der Waals surface area contributed by atoms with Crippen LogP contribution >= 0.6 is 0 Å².